The van der Waals surface area contributed by atoms with Crippen LogP contribution in [0.25, 0.3) is 0 Å². The van der Waals surface area contributed by atoms with Crippen molar-refractivity contribution < 1.29 is 4.74 Å². The van der Waals surface area contributed by atoms with Crippen molar-refractivity contribution in [1.29, 1.82) is 0 Å². The van der Waals surface area contributed by atoms with E-state index in [1.807, 2.05) is 19.2 Å². The van der Waals surface area contributed by atoms with Crippen molar-refractivity contribution in [3.8, 4) is 0 Å². The Morgan fingerprint density at radius 1 is 1.28 bits per heavy atom. The normalized spacial score (nSPS) is 16.2. The van der Waals surface area contributed by atoms with Crippen molar-refractivity contribution in [2.75, 3.05) is 46.9 Å². The molecule has 0 spiro atoms. The summed E-state index contributed by atoms with van der Waals surface area (Å²) in [6, 6.07) is 12.5. The number of aromatic nitrogens is 1. The lowest BCUT2D eigenvalue weighted by atomic mass is 10.0. The lowest BCUT2D eigenvalue weighted by Gasteiger charge is -2.35. The van der Waals surface area contributed by atoms with Crippen LogP contribution in [-0.4, -0.2) is 67.3 Å². The van der Waals surface area contributed by atoms with Crippen LogP contribution in [0.3, 0.4) is 0 Å². The van der Waals surface area contributed by atoms with Gasteiger partial charge in [0, 0.05) is 57.7 Å². The van der Waals surface area contributed by atoms with Gasteiger partial charge in [-0.3, -0.25) is 9.89 Å². The Morgan fingerprint density at radius 2 is 2.03 bits per heavy atom. The molecule has 0 bridgehead atoms. The molecule has 0 radical (unpaired) electrons. The van der Waals surface area contributed by atoms with Crippen LogP contribution in [0.4, 0.5) is 0 Å². The number of nitrogens with zero attached hydrogens (tertiary/aromatic N) is 4. The maximum atomic E-state index is 6.26. The molecule has 1 atom stereocenters. The number of hydrogen-bond donors (Lipinski definition) is 1. The summed E-state index contributed by atoms with van der Waals surface area (Å²) in [4.78, 5) is 9.07. The van der Waals surface area contributed by atoms with Gasteiger partial charge in [-0.05, 0) is 29.8 Å². The highest BCUT2D eigenvalue weighted by Crippen LogP contribution is 2.24. The molecule has 1 aromatic heterocycles. The minimum Gasteiger partial charge on any atom is -0.379 e. The molecule has 1 saturated heterocycles. The molecule has 1 N–H and O–H groups in total. The molecule has 3 rings (SSSR count). The summed E-state index contributed by atoms with van der Waals surface area (Å²) >= 11 is 6.26. The van der Waals surface area contributed by atoms with Gasteiger partial charge in [0.2, 0.25) is 0 Å². The van der Waals surface area contributed by atoms with E-state index in [-0.39, 0.29) is 30.0 Å². The van der Waals surface area contributed by atoms with Gasteiger partial charge in [-0.15, -0.1) is 24.0 Å². The van der Waals surface area contributed by atoms with Crippen LogP contribution in [0.5, 0.6) is 0 Å². The number of ether oxygens (including phenoxy) is 1. The first-order valence-corrected chi connectivity index (χ1v) is 10.1. The molecule has 1 aromatic carbocycles. The predicted molar refractivity (Wildman–Crippen MR) is 130 cm³/mol. The molecule has 6 nitrogen and oxygen atoms in total. The third kappa shape index (κ3) is 6.60. The van der Waals surface area contributed by atoms with E-state index in [1.165, 1.54) is 11.3 Å². The molecule has 1 aliphatic heterocycles. The lowest BCUT2D eigenvalue weighted by molar-refractivity contribution is 0.0169. The number of benzene rings is 1. The fourth-order valence-electron chi connectivity index (χ4n) is 3.61. The predicted octanol–water partition coefficient (Wildman–Crippen LogP) is 3.38. The van der Waals surface area contributed by atoms with E-state index in [0.29, 0.717) is 0 Å². The van der Waals surface area contributed by atoms with E-state index in [2.05, 4.69) is 69.2 Å². The van der Waals surface area contributed by atoms with E-state index < -0.39 is 0 Å². The Morgan fingerprint density at radius 3 is 2.66 bits per heavy atom. The average Bonchev–Trinajstić information content (AvgIpc) is 3.10. The number of guanidine groups is 1. The zero-order valence-electron chi connectivity index (χ0n) is 17.3. The molecule has 0 saturated carbocycles. The quantitative estimate of drug-likeness (QED) is 0.353. The minimum absolute atomic E-state index is 0. The lowest BCUT2D eigenvalue weighted by Crippen LogP contribution is -2.46. The van der Waals surface area contributed by atoms with E-state index in [1.54, 1.807) is 0 Å². The van der Waals surface area contributed by atoms with Crippen LogP contribution < -0.4 is 5.32 Å². The summed E-state index contributed by atoms with van der Waals surface area (Å²) in [5, 5.41) is 4.32. The van der Waals surface area contributed by atoms with Crippen molar-refractivity contribution in [2.45, 2.75) is 12.6 Å². The second kappa shape index (κ2) is 11.8. The SMILES string of the molecule is CN=C(NCC(c1cccc(Cl)c1)N1CCOCC1)N(C)Cc1cccn1C.I. The van der Waals surface area contributed by atoms with E-state index in [0.717, 1.165) is 50.4 Å². The molecular formula is C21H31ClIN5O. The molecule has 2 aromatic rings. The largest absolute Gasteiger partial charge is 0.379 e. The van der Waals surface area contributed by atoms with Crippen LogP contribution in [0, 0.1) is 0 Å². The van der Waals surface area contributed by atoms with Gasteiger partial charge < -0.3 is 19.5 Å². The van der Waals surface area contributed by atoms with E-state index in [9.17, 15) is 0 Å². The number of hydrogen-bond acceptors (Lipinski definition) is 3. The van der Waals surface area contributed by atoms with Crippen molar-refractivity contribution in [3.05, 3.63) is 58.9 Å². The molecular weight excluding hydrogens is 501 g/mol. The molecule has 0 aliphatic carbocycles. The second-order valence-corrected chi connectivity index (χ2v) is 7.55. The smallest absolute Gasteiger partial charge is 0.193 e. The van der Waals surface area contributed by atoms with Crippen LogP contribution >= 0.6 is 35.6 Å². The molecule has 29 heavy (non-hydrogen) atoms. The molecule has 1 aliphatic rings. The highest BCUT2D eigenvalue weighted by molar-refractivity contribution is 14.0. The Balaban J connectivity index is 0.00000300. The Bertz CT molecular complexity index is 791. The summed E-state index contributed by atoms with van der Waals surface area (Å²) in [5.74, 6) is 0.876. The summed E-state index contributed by atoms with van der Waals surface area (Å²) in [7, 11) is 5.95. The first kappa shape index (κ1) is 24.0. The van der Waals surface area contributed by atoms with Gasteiger partial charge in [0.1, 0.15) is 0 Å². The van der Waals surface area contributed by atoms with Crippen molar-refractivity contribution >= 4 is 41.5 Å². The minimum atomic E-state index is 0. The zero-order valence-corrected chi connectivity index (χ0v) is 20.4. The number of aryl methyl sites for hydroxylation is 1. The number of nitrogens with one attached hydrogen (secondary N) is 1. The molecule has 8 heteroatoms. The van der Waals surface area contributed by atoms with Gasteiger partial charge >= 0.3 is 0 Å². The van der Waals surface area contributed by atoms with Gasteiger partial charge in [0.15, 0.2) is 5.96 Å². The second-order valence-electron chi connectivity index (χ2n) is 7.11. The maximum Gasteiger partial charge on any atom is 0.193 e. The summed E-state index contributed by atoms with van der Waals surface area (Å²) < 4.78 is 7.67. The van der Waals surface area contributed by atoms with E-state index in [4.69, 9.17) is 16.3 Å². The van der Waals surface area contributed by atoms with Crippen molar-refractivity contribution in [1.82, 2.24) is 19.7 Å². The highest BCUT2D eigenvalue weighted by Gasteiger charge is 2.23. The fraction of sp³-hybridized carbons (Fsp3) is 0.476. The van der Waals surface area contributed by atoms with E-state index >= 15 is 0 Å². The maximum absolute atomic E-state index is 6.26. The first-order valence-electron chi connectivity index (χ1n) is 9.67. The van der Waals surface area contributed by atoms with Crippen molar-refractivity contribution in [2.24, 2.45) is 12.0 Å². The molecule has 2 heterocycles. The van der Waals surface area contributed by atoms with Gasteiger partial charge in [-0.2, -0.15) is 0 Å². The fourth-order valence-corrected chi connectivity index (χ4v) is 3.81. The third-order valence-electron chi connectivity index (χ3n) is 5.20. The van der Waals surface area contributed by atoms with Crippen LogP contribution in [0.1, 0.15) is 17.3 Å². The van der Waals surface area contributed by atoms with Gasteiger partial charge in [0.25, 0.3) is 0 Å². The summed E-state index contributed by atoms with van der Waals surface area (Å²) in [6.45, 7) is 4.90. The van der Waals surface area contributed by atoms with Gasteiger partial charge in [-0.1, -0.05) is 23.7 Å². The van der Waals surface area contributed by atoms with Gasteiger partial charge in [0.05, 0.1) is 25.8 Å². The van der Waals surface area contributed by atoms with Gasteiger partial charge in [-0.25, -0.2) is 0 Å². The third-order valence-corrected chi connectivity index (χ3v) is 5.43. The topological polar surface area (TPSA) is 45.0 Å². The number of morpholine rings is 1. The Hall–Kier alpha value is -1.29. The Kier molecular flexibility index (Phi) is 9.74. The molecule has 1 fully saturated rings. The van der Waals surface area contributed by atoms with Crippen molar-refractivity contribution in [3.63, 3.8) is 0 Å². The number of halogens is 2. The summed E-state index contributed by atoms with van der Waals surface area (Å²) in [6.07, 6.45) is 2.06. The number of rotatable bonds is 6. The summed E-state index contributed by atoms with van der Waals surface area (Å²) in [5.41, 5.74) is 2.45. The number of aliphatic imine (C=N–C) groups is 1. The molecule has 160 valence electrons. The highest BCUT2D eigenvalue weighted by atomic mass is 127. The average molecular weight is 532 g/mol. The van der Waals surface area contributed by atoms with Crippen LogP contribution in [-0.2, 0) is 18.3 Å². The van der Waals surface area contributed by atoms with Crippen LogP contribution in [0.15, 0.2) is 47.6 Å². The molecule has 0 amide bonds. The standard InChI is InChI=1S/C21H30ClN5O.HI/c1-23-21(26(3)16-19-8-5-9-25(19)2)24-15-20(27-10-12-28-13-11-27)17-6-4-7-18(22)14-17;/h4-9,14,20H,10-13,15-16H2,1-3H3,(H,23,24);1H. The van der Waals surface area contributed by atoms with Crippen LogP contribution in [0.2, 0.25) is 5.02 Å². The molecule has 1 unspecified atom stereocenters. The first-order chi connectivity index (χ1) is 13.6. The zero-order chi connectivity index (χ0) is 19.9. The monoisotopic (exact) mass is 531 g/mol. The Labute approximate surface area is 195 Å².